The number of amides is 1. The zero-order valence-electron chi connectivity index (χ0n) is 18.7. The first-order chi connectivity index (χ1) is 15.6. The van der Waals surface area contributed by atoms with Gasteiger partial charge in [0.2, 0.25) is 11.8 Å². The Morgan fingerprint density at radius 1 is 1.06 bits per heavy atom. The number of nitrogens with zero attached hydrogens (tertiary/aromatic N) is 5. The molecule has 3 aromatic rings. The number of methoxy groups -OCH3 is 1. The first kappa shape index (κ1) is 21.5. The lowest BCUT2D eigenvalue weighted by molar-refractivity contribution is 0.0946. The van der Waals surface area contributed by atoms with Crippen molar-refractivity contribution in [1.82, 2.24) is 20.3 Å². The van der Waals surface area contributed by atoms with E-state index in [4.69, 9.17) is 4.74 Å². The molecule has 0 radical (unpaired) electrons. The molecule has 0 saturated carbocycles. The second-order valence-electron chi connectivity index (χ2n) is 7.83. The smallest absolute Gasteiger partial charge is 0.258 e. The third kappa shape index (κ3) is 4.64. The summed E-state index contributed by atoms with van der Waals surface area (Å²) >= 11 is 0. The van der Waals surface area contributed by atoms with Gasteiger partial charge in [0.05, 0.1) is 7.11 Å². The number of rotatable bonds is 6. The monoisotopic (exact) mass is 432 g/mol. The van der Waals surface area contributed by atoms with Crippen LogP contribution in [0.4, 0.5) is 11.6 Å². The van der Waals surface area contributed by atoms with Crippen molar-refractivity contribution in [1.29, 1.82) is 0 Å². The van der Waals surface area contributed by atoms with Crippen LogP contribution < -0.4 is 19.9 Å². The second-order valence-corrected chi connectivity index (χ2v) is 7.83. The normalized spacial score (nSPS) is 13.7. The molecule has 1 aromatic carbocycles. The highest BCUT2D eigenvalue weighted by Crippen LogP contribution is 2.25. The Labute approximate surface area is 188 Å². The quantitative estimate of drug-likeness (QED) is 0.641. The van der Waals surface area contributed by atoms with Crippen molar-refractivity contribution in [2.75, 3.05) is 43.1 Å². The molecule has 1 N–H and O–H groups in total. The lowest BCUT2D eigenvalue weighted by atomic mass is 10.1. The van der Waals surface area contributed by atoms with E-state index < -0.39 is 0 Å². The van der Waals surface area contributed by atoms with E-state index >= 15 is 0 Å². The van der Waals surface area contributed by atoms with Gasteiger partial charge < -0.3 is 19.9 Å². The molecule has 4 rings (SSSR count). The lowest BCUT2D eigenvalue weighted by Gasteiger charge is -2.37. The van der Waals surface area contributed by atoms with Gasteiger partial charge in [-0.25, -0.2) is 4.98 Å². The lowest BCUT2D eigenvalue weighted by Crippen LogP contribution is -2.47. The summed E-state index contributed by atoms with van der Waals surface area (Å²) < 4.78 is 5.41. The molecule has 1 aliphatic rings. The highest BCUT2D eigenvalue weighted by molar-refractivity contribution is 5.96. The van der Waals surface area contributed by atoms with Gasteiger partial charge in [0, 0.05) is 57.0 Å². The second kappa shape index (κ2) is 9.64. The fraction of sp³-hybridized carbons (Fsp3) is 0.333. The minimum Gasteiger partial charge on any atom is -0.480 e. The Morgan fingerprint density at radius 3 is 2.56 bits per heavy atom. The molecule has 8 nitrogen and oxygen atoms in total. The zero-order valence-corrected chi connectivity index (χ0v) is 18.7. The number of hydrogen-bond acceptors (Lipinski definition) is 7. The van der Waals surface area contributed by atoms with Crippen LogP contribution in [0.2, 0.25) is 0 Å². The molecule has 0 atom stereocenters. The maximum Gasteiger partial charge on any atom is 0.258 e. The van der Waals surface area contributed by atoms with Crippen molar-refractivity contribution in [3.63, 3.8) is 0 Å². The summed E-state index contributed by atoms with van der Waals surface area (Å²) in [5, 5.41) is 2.86. The molecule has 8 heteroatoms. The van der Waals surface area contributed by atoms with Gasteiger partial charge in [0.1, 0.15) is 5.56 Å². The number of benzene rings is 1. The van der Waals surface area contributed by atoms with Crippen LogP contribution in [0.3, 0.4) is 0 Å². The molecule has 2 aromatic heterocycles. The van der Waals surface area contributed by atoms with Crippen molar-refractivity contribution in [2.45, 2.75) is 20.4 Å². The first-order valence-corrected chi connectivity index (χ1v) is 10.7. The Bertz CT molecular complexity index is 1080. The number of carbonyl (C=O) groups is 1. The Balaban J connectivity index is 1.41. The van der Waals surface area contributed by atoms with E-state index in [0.717, 1.165) is 31.7 Å². The largest absolute Gasteiger partial charge is 0.480 e. The van der Waals surface area contributed by atoms with Gasteiger partial charge in [-0.15, -0.1) is 0 Å². The summed E-state index contributed by atoms with van der Waals surface area (Å²) in [4.78, 5) is 30.2. The number of aryl methyl sites for hydroxylation is 1. The standard InChI is InChI=1S/C24H28N6O2/c1-17-6-4-8-21(18(17)2)29-10-12-30(13-11-29)24-27-16-20(23(28-24)32-3)22(31)26-15-19-7-5-9-25-14-19/h4-9,14,16H,10-13,15H2,1-3H3,(H,26,31). The number of nitrogens with one attached hydrogen (secondary N) is 1. The third-order valence-corrected chi connectivity index (χ3v) is 5.83. The molecule has 0 spiro atoms. The van der Waals surface area contributed by atoms with Gasteiger partial charge in [-0.05, 0) is 42.7 Å². The van der Waals surface area contributed by atoms with E-state index in [1.165, 1.54) is 30.1 Å². The predicted octanol–water partition coefficient (Wildman–Crippen LogP) is 2.75. The molecule has 0 aliphatic carbocycles. The van der Waals surface area contributed by atoms with Crippen molar-refractivity contribution in [2.24, 2.45) is 0 Å². The zero-order chi connectivity index (χ0) is 22.5. The number of carbonyl (C=O) groups excluding carboxylic acids is 1. The minimum atomic E-state index is -0.281. The topological polar surface area (TPSA) is 83.5 Å². The number of aromatic nitrogens is 3. The first-order valence-electron chi connectivity index (χ1n) is 10.7. The predicted molar refractivity (Wildman–Crippen MR) is 124 cm³/mol. The van der Waals surface area contributed by atoms with Crippen molar-refractivity contribution < 1.29 is 9.53 Å². The molecule has 1 aliphatic heterocycles. The average molecular weight is 433 g/mol. The summed E-state index contributed by atoms with van der Waals surface area (Å²) in [5.74, 6) is 0.568. The summed E-state index contributed by atoms with van der Waals surface area (Å²) in [6, 6.07) is 10.2. The molecule has 166 valence electrons. The van der Waals surface area contributed by atoms with E-state index in [1.807, 2.05) is 12.1 Å². The van der Waals surface area contributed by atoms with Crippen LogP contribution in [0.1, 0.15) is 27.0 Å². The SMILES string of the molecule is COc1nc(N2CCN(c3cccc(C)c3C)CC2)ncc1C(=O)NCc1cccnc1. The van der Waals surface area contributed by atoms with E-state index in [9.17, 15) is 4.79 Å². The van der Waals surface area contributed by atoms with Gasteiger partial charge >= 0.3 is 0 Å². The molecular formula is C24H28N6O2. The van der Waals surface area contributed by atoms with Crippen LogP contribution in [0, 0.1) is 13.8 Å². The van der Waals surface area contributed by atoms with E-state index in [-0.39, 0.29) is 11.8 Å². The molecule has 1 saturated heterocycles. The minimum absolute atomic E-state index is 0.274. The van der Waals surface area contributed by atoms with Crippen LogP contribution in [-0.2, 0) is 6.54 Å². The molecule has 0 unspecified atom stereocenters. The van der Waals surface area contributed by atoms with Crippen molar-refractivity contribution in [3.8, 4) is 5.88 Å². The number of anilines is 2. The summed E-state index contributed by atoms with van der Waals surface area (Å²) in [6.07, 6.45) is 4.95. The maximum atomic E-state index is 12.6. The van der Waals surface area contributed by atoms with E-state index in [0.29, 0.717) is 18.1 Å². The molecule has 3 heterocycles. The van der Waals surface area contributed by atoms with Gasteiger partial charge in [-0.3, -0.25) is 9.78 Å². The fourth-order valence-corrected chi connectivity index (χ4v) is 3.83. The molecule has 1 fully saturated rings. The van der Waals surface area contributed by atoms with E-state index in [1.54, 1.807) is 12.4 Å². The highest BCUT2D eigenvalue weighted by Gasteiger charge is 2.23. The molecule has 1 amide bonds. The van der Waals surface area contributed by atoms with Gasteiger partial charge in [-0.1, -0.05) is 18.2 Å². The van der Waals surface area contributed by atoms with Crippen LogP contribution in [-0.4, -0.2) is 54.1 Å². The summed E-state index contributed by atoms with van der Waals surface area (Å²) in [6.45, 7) is 8.03. The summed E-state index contributed by atoms with van der Waals surface area (Å²) in [7, 11) is 1.52. The Hall–Kier alpha value is -3.68. The van der Waals surface area contributed by atoms with Crippen molar-refractivity contribution in [3.05, 3.63) is 71.2 Å². The highest BCUT2D eigenvalue weighted by atomic mass is 16.5. The summed E-state index contributed by atoms with van der Waals surface area (Å²) in [5.41, 5.74) is 5.13. The van der Waals surface area contributed by atoms with E-state index in [2.05, 4.69) is 62.1 Å². The Kier molecular flexibility index (Phi) is 6.49. The van der Waals surface area contributed by atoms with Gasteiger partial charge in [0.15, 0.2) is 0 Å². The van der Waals surface area contributed by atoms with Gasteiger partial charge in [0.25, 0.3) is 5.91 Å². The molecule has 32 heavy (non-hydrogen) atoms. The number of hydrogen-bond donors (Lipinski definition) is 1. The maximum absolute atomic E-state index is 12.6. The van der Waals surface area contributed by atoms with Crippen molar-refractivity contribution >= 4 is 17.5 Å². The van der Waals surface area contributed by atoms with Crippen LogP contribution in [0.15, 0.2) is 48.9 Å². The average Bonchev–Trinajstić information content (AvgIpc) is 2.84. The molecule has 0 bridgehead atoms. The molecular weight excluding hydrogens is 404 g/mol. The van der Waals surface area contributed by atoms with Crippen LogP contribution >= 0.6 is 0 Å². The van der Waals surface area contributed by atoms with Crippen LogP contribution in [0.25, 0.3) is 0 Å². The Morgan fingerprint density at radius 2 is 1.84 bits per heavy atom. The number of ether oxygens (including phenoxy) is 1. The van der Waals surface area contributed by atoms with Gasteiger partial charge in [-0.2, -0.15) is 4.98 Å². The number of pyridine rings is 1. The fourth-order valence-electron chi connectivity index (χ4n) is 3.83. The van der Waals surface area contributed by atoms with Crippen LogP contribution in [0.5, 0.6) is 5.88 Å². The number of piperazine rings is 1. The third-order valence-electron chi connectivity index (χ3n) is 5.83.